The number of hydrogen-bond donors (Lipinski definition) is 0. The second kappa shape index (κ2) is 7.49. The van der Waals surface area contributed by atoms with Crippen LogP contribution in [0.15, 0.2) is 65.3 Å². The molecule has 32 heavy (non-hydrogen) atoms. The van der Waals surface area contributed by atoms with Crippen LogP contribution in [0.5, 0.6) is 0 Å². The number of furan rings is 1. The van der Waals surface area contributed by atoms with Crippen molar-refractivity contribution in [3.05, 3.63) is 94.2 Å². The lowest BCUT2D eigenvalue weighted by Crippen LogP contribution is -2.15. The zero-order valence-electron chi connectivity index (χ0n) is 17.6. The Hall–Kier alpha value is -3.66. The van der Waals surface area contributed by atoms with Crippen LogP contribution in [-0.4, -0.2) is 18.4 Å². The zero-order valence-corrected chi connectivity index (χ0v) is 17.6. The molecule has 0 atom stereocenters. The molecule has 6 rings (SSSR count). The van der Waals surface area contributed by atoms with Crippen LogP contribution < -0.4 is 0 Å². The van der Waals surface area contributed by atoms with Gasteiger partial charge in [-0.3, -0.25) is 9.59 Å². The van der Waals surface area contributed by atoms with Crippen molar-refractivity contribution in [1.82, 2.24) is 0 Å². The number of ketones is 1. The second-order valence-electron chi connectivity index (χ2n) is 8.70. The van der Waals surface area contributed by atoms with Crippen LogP contribution >= 0.6 is 0 Å². The number of fused-ring (bicyclic) bond motifs is 5. The maximum Gasteiger partial charge on any atom is 0.310 e. The lowest BCUT2D eigenvalue weighted by molar-refractivity contribution is -0.141. The minimum absolute atomic E-state index is 0.0939. The van der Waals surface area contributed by atoms with E-state index < -0.39 is 5.97 Å². The van der Waals surface area contributed by atoms with E-state index in [0.29, 0.717) is 5.56 Å². The van der Waals surface area contributed by atoms with Gasteiger partial charge < -0.3 is 9.15 Å². The Labute approximate surface area is 185 Å². The first-order chi connectivity index (χ1) is 15.7. The minimum Gasteiger partial charge on any atom is -0.464 e. The summed E-state index contributed by atoms with van der Waals surface area (Å²) in [4.78, 5) is 25.2. The molecule has 1 aromatic heterocycles. The van der Waals surface area contributed by atoms with Crippen molar-refractivity contribution in [2.24, 2.45) is 0 Å². The summed E-state index contributed by atoms with van der Waals surface area (Å²) in [7, 11) is 0. The maximum atomic E-state index is 12.7. The number of rotatable bonds is 5. The van der Waals surface area contributed by atoms with Gasteiger partial charge in [0, 0.05) is 16.5 Å². The molecule has 0 unspecified atom stereocenters. The van der Waals surface area contributed by atoms with E-state index in [9.17, 15) is 9.59 Å². The molecule has 0 spiro atoms. The number of Topliss-reactive ketones (excluding diaryl/α,β-unsaturated/α-hetero) is 1. The third-order valence-electron chi connectivity index (χ3n) is 6.69. The Morgan fingerprint density at radius 1 is 0.875 bits per heavy atom. The van der Waals surface area contributed by atoms with E-state index in [0.717, 1.165) is 47.8 Å². The van der Waals surface area contributed by atoms with Crippen molar-refractivity contribution < 1.29 is 18.7 Å². The average molecular weight is 422 g/mol. The fraction of sp³-hybridized carbons (Fsp3) is 0.214. The predicted molar refractivity (Wildman–Crippen MR) is 122 cm³/mol. The van der Waals surface area contributed by atoms with Gasteiger partial charge in [0.05, 0.1) is 12.7 Å². The maximum absolute atomic E-state index is 12.7. The molecule has 3 aromatic carbocycles. The molecule has 0 fully saturated rings. The first kappa shape index (κ1) is 19.1. The van der Waals surface area contributed by atoms with Gasteiger partial charge in [-0.2, -0.15) is 0 Å². The van der Waals surface area contributed by atoms with Crippen LogP contribution in [0.4, 0.5) is 0 Å². The van der Waals surface area contributed by atoms with Gasteiger partial charge in [0.15, 0.2) is 12.4 Å². The van der Waals surface area contributed by atoms with E-state index in [1.54, 1.807) is 6.26 Å². The summed E-state index contributed by atoms with van der Waals surface area (Å²) < 4.78 is 11.0. The summed E-state index contributed by atoms with van der Waals surface area (Å²) in [5, 5.41) is 0.964. The number of ether oxygens (including phenoxy) is 1. The van der Waals surface area contributed by atoms with Gasteiger partial charge in [-0.15, -0.1) is 0 Å². The average Bonchev–Trinajstić information content (AvgIpc) is 3.52. The zero-order chi connectivity index (χ0) is 21.7. The summed E-state index contributed by atoms with van der Waals surface area (Å²) in [6.45, 7) is -0.259. The Balaban J connectivity index is 1.14. The molecule has 0 saturated heterocycles. The molecular weight excluding hydrogens is 400 g/mol. The van der Waals surface area contributed by atoms with E-state index in [-0.39, 0.29) is 18.8 Å². The molecule has 0 radical (unpaired) electrons. The summed E-state index contributed by atoms with van der Waals surface area (Å²) in [5.41, 5.74) is 9.62. The molecule has 1 heterocycles. The lowest BCUT2D eigenvalue weighted by Gasteiger charge is -2.07. The van der Waals surface area contributed by atoms with Gasteiger partial charge in [-0.1, -0.05) is 36.4 Å². The van der Waals surface area contributed by atoms with Crippen LogP contribution in [0.2, 0.25) is 0 Å². The Kier molecular flexibility index (Phi) is 4.46. The Bertz CT molecular complexity index is 1390. The van der Waals surface area contributed by atoms with Crippen molar-refractivity contribution in [2.45, 2.75) is 32.1 Å². The predicted octanol–water partition coefficient (Wildman–Crippen LogP) is 5.46. The molecule has 0 amide bonds. The molecule has 0 saturated carbocycles. The smallest absolute Gasteiger partial charge is 0.310 e. The SMILES string of the molecule is O=C(Cc1coc2cc3c(cc12)CCC3)OCC(=O)c1ccc2c(c1)-c1ccccc1C2. The Morgan fingerprint density at radius 2 is 1.69 bits per heavy atom. The normalized spacial score (nSPS) is 13.6. The van der Waals surface area contributed by atoms with Crippen LogP contribution in [0.25, 0.3) is 22.1 Å². The lowest BCUT2D eigenvalue weighted by atomic mass is 10.0. The van der Waals surface area contributed by atoms with E-state index >= 15 is 0 Å². The van der Waals surface area contributed by atoms with E-state index in [1.807, 2.05) is 30.3 Å². The molecule has 0 aliphatic heterocycles. The van der Waals surface area contributed by atoms with Crippen molar-refractivity contribution >= 4 is 22.7 Å². The van der Waals surface area contributed by atoms with Crippen LogP contribution in [0.3, 0.4) is 0 Å². The standard InChI is InChI=1S/C28H22O4/c29-26(21-9-8-20-10-19-4-1-2-7-23(19)24(20)12-21)16-32-28(30)14-22-15-31-27-13-18-6-3-5-17(18)11-25(22)27/h1-2,4,7-9,11-13,15H,3,5-6,10,14,16H2. The van der Waals surface area contributed by atoms with E-state index in [1.165, 1.54) is 27.8 Å². The summed E-state index contributed by atoms with van der Waals surface area (Å²) in [6.07, 6.45) is 5.92. The number of carbonyl (C=O) groups excluding carboxylic acids is 2. The van der Waals surface area contributed by atoms with Crippen molar-refractivity contribution in [3.8, 4) is 11.1 Å². The molecule has 2 aliphatic carbocycles. The first-order valence-corrected chi connectivity index (χ1v) is 11.1. The molecule has 4 nitrogen and oxygen atoms in total. The number of esters is 1. The second-order valence-corrected chi connectivity index (χ2v) is 8.70. The monoisotopic (exact) mass is 422 g/mol. The number of benzene rings is 3. The van der Waals surface area contributed by atoms with Gasteiger partial charge in [0.1, 0.15) is 5.58 Å². The van der Waals surface area contributed by atoms with Gasteiger partial charge in [0.25, 0.3) is 0 Å². The largest absolute Gasteiger partial charge is 0.464 e. The summed E-state index contributed by atoms with van der Waals surface area (Å²) >= 11 is 0. The van der Waals surface area contributed by atoms with Gasteiger partial charge in [0.2, 0.25) is 0 Å². The molecule has 4 aromatic rings. The fourth-order valence-corrected chi connectivity index (χ4v) is 5.02. The molecular formula is C28H22O4. The highest BCUT2D eigenvalue weighted by atomic mass is 16.5. The highest BCUT2D eigenvalue weighted by Crippen LogP contribution is 2.37. The molecule has 4 heteroatoms. The van der Waals surface area contributed by atoms with Crippen LogP contribution in [-0.2, 0) is 35.2 Å². The van der Waals surface area contributed by atoms with Gasteiger partial charge >= 0.3 is 5.97 Å². The van der Waals surface area contributed by atoms with Crippen LogP contribution in [0.1, 0.15) is 44.6 Å². The molecule has 0 bridgehead atoms. The third kappa shape index (κ3) is 3.23. The highest BCUT2D eigenvalue weighted by Gasteiger charge is 2.21. The molecule has 2 aliphatic rings. The number of carbonyl (C=O) groups is 2. The summed E-state index contributed by atoms with van der Waals surface area (Å²) in [6, 6.07) is 18.2. The quantitative estimate of drug-likeness (QED) is 0.279. The third-order valence-corrected chi connectivity index (χ3v) is 6.69. The number of aryl methyl sites for hydroxylation is 2. The highest BCUT2D eigenvalue weighted by molar-refractivity contribution is 6.00. The van der Waals surface area contributed by atoms with Gasteiger partial charge in [-0.05, 0) is 77.3 Å². The van der Waals surface area contributed by atoms with E-state index in [2.05, 4.69) is 24.3 Å². The van der Waals surface area contributed by atoms with E-state index in [4.69, 9.17) is 9.15 Å². The van der Waals surface area contributed by atoms with Crippen molar-refractivity contribution in [1.29, 1.82) is 0 Å². The minimum atomic E-state index is -0.423. The number of hydrogen-bond acceptors (Lipinski definition) is 4. The van der Waals surface area contributed by atoms with Crippen molar-refractivity contribution in [2.75, 3.05) is 6.61 Å². The van der Waals surface area contributed by atoms with Crippen molar-refractivity contribution in [3.63, 3.8) is 0 Å². The van der Waals surface area contributed by atoms with Gasteiger partial charge in [-0.25, -0.2) is 0 Å². The fourth-order valence-electron chi connectivity index (χ4n) is 5.02. The molecule has 0 N–H and O–H groups in total. The first-order valence-electron chi connectivity index (χ1n) is 11.1. The molecule has 158 valence electrons. The summed E-state index contributed by atoms with van der Waals surface area (Å²) in [5.74, 6) is -0.617. The topological polar surface area (TPSA) is 56.5 Å². The Morgan fingerprint density at radius 3 is 2.59 bits per heavy atom. The van der Waals surface area contributed by atoms with Crippen LogP contribution in [0, 0.1) is 0 Å².